The van der Waals surface area contributed by atoms with Crippen LogP contribution < -0.4 is 0 Å². The molecule has 24 heavy (non-hydrogen) atoms. The van der Waals surface area contributed by atoms with Crippen LogP contribution in [-0.4, -0.2) is 83.8 Å². The number of carbonyl (C=O) groups excluding carboxylic acids is 1. The maximum atomic E-state index is 12.5. The molecule has 0 bridgehead atoms. The van der Waals surface area contributed by atoms with E-state index >= 15 is 0 Å². The number of rotatable bonds is 4. The van der Waals surface area contributed by atoms with Crippen molar-refractivity contribution < 1.29 is 14.1 Å². The largest absolute Gasteiger partial charge is 0.372 e. The van der Waals surface area contributed by atoms with Crippen LogP contribution in [0.1, 0.15) is 25.3 Å². The second-order valence-electron chi connectivity index (χ2n) is 7.04. The molecule has 0 radical (unpaired) electrons. The van der Waals surface area contributed by atoms with Crippen molar-refractivity contribution in [3.8, 4) is 0 Å². The van der Waals surface area contributed by atoms with Gasteiger partial charge in [0.15, 0.2) is 5.76 Å². The molecule has 1 aromatic rings. The minimum absolute atomic E-state index is 0.125. The van der Waals surface area contributed by atoms with Crippen molar-refractivity contribution >= 4 is 5.91 Å². The summed E-state index contributed by atoms with van der Waals surface area (Å²) in [5.74, 6) is 1.13. The normalized spacial score (nSPS) is 26.7. The van der Waals surface area contributed by atoms with Gasteiger partial charge in [-0.05, 0) is 20.8 Å². The van der Waals surface area contributed by atoms with Gasteiger partial charge in [-0.25, -0.2) is 0 Å². The predicted molar refractivity (Wildman–Crippen MR) is 89.5 cm³/mol. The standard InChI is InChI=1S/C17H28N4O3/c1-13-8-16(24-18-13)11-19-4-6-20(7-5-19)12-17(22)21-9-14(2)23-15(3)10-21/h8,14-15H,4-7,9-12H2,1-3H3. The molecule has 1 aromatic heterocycles. The van der Waals surface area contributed by atoms with Crippen LogP contribution in [0.4, 0.5) is 0 Å². The Hall–Kier alpha value is -1.44. The summed E-state index contributed by atoms with van der Waals surface area (Å²) in [5, 5.41) is 3.93. The summed E-state index contributed by atoms with van der Waals surface area (Å²) in [6.07, 6.45) is 0.250. The van der Waals surface area contributed by atoms with Gasteiger partial charge in [0.05, 0.1) is 31.0 Å². The van der Waals surface area contributed by atoms with E-state index in [1.54, 1.807) is 0 Å². The molecule has 0 N–H and O–H groups in total. The van der Waals surface area contributed by atoms with Crippen LogP contribution in [0.2, 0.25) is 0 Å². The highest BCUT2D eigenvalue weighted by Crippen LogP contribution is 2.13. The van der Waals surface area contributed by atoms with E-state index in [1.165, 1.54) is 0 Å². The van der Waals surface area contributed by atoms with Gasteiger partial charge < -0.3 is 14.2 Å². The summed E-state index contributed by atoms with van der Waals surface area (Å²) >= 11 is 0. The Morgan fingerprint density at radius 3 is 2.38 bits per heavy atom. The van der Waals surface area contributed by atoms with Crippen LogP contribution in [0, 0.1) is 6.92 Å². The zero-order valence-corrected chi connectivity index (χ0v) is 14.9. The molecule has 134 valence electrons. The minimum Gasteiger partial charge on any atom is -0.372 e. The molecule has 7 heteroatoms. The van der Waals surface area contributed by atoms with Gasteiger partial charge in [0.25, 0.3) is 0 Å². The molecule has 3 heterocycles. The van der Waals surface area contributed by atoms with Crippen molar-refractivity contribution in [2.75, 3.05) is 45.8 Å². The van der Waals surface area contributed by atoms with Crippen LogP contribution >= 0.6 is 0 Å². The van der Waals surface area contributed by atoms with E-state index in [4.69, 9.17) is 9.26 Å². The van der Waals surface area contributed by atoms with Gasteiger partial charge in [0.2, 0.25) is 5.91 Å². The molecule has 7 nitrogen and oxygen atoms in total. The summed E-state index contributed by atoms with van der Waals surface area (Å²) in [6, 6.07) is 1.98. The van der Waals surface area contributed by atoms with E-state index in [-0.39, 0.29) is 18.1 Å². The lowest BCUT2D eigenvalue weighted by atomic mass is 10.2. The molecule has 2 atom stereocenters. The number of aromatic nitrogens is 1. The molecule has 0 aliphatic carbocycles. The molecular formula is C17H28N4O3. The van der Waals surface area contributed by atoms with E-state index in [2.05, 4.69) is 15.0 Å². The molecule has 0 aromatic carbocycles. The Balaban J connectivity index is 1.42. The number of amides is 1. The third-order valence-electron chi connectivity index (χ3n) is 4.65. The van der Waals surface area contributed by atoms with E-state index < -0.39 is 0 Å². The van der Waals surface area contributed by atoms with Crippen LogP contribution in [0.25, 0.3) is 0 Å². The molecule has 0 saturated carbocycles. The Bertz CT molecular complexity index is 544. The Labute approximate surface area is 143 Å². The molecule has 2 unspecified atom stereocenters. The second-order valence-corrected chi connectivity index (χ2v) is 7.04. The van der Waals surface area contributed by atoms with E-state index in [0.29, 0.717) is 19.6 Å². The fraction of sp³-hybridized carbons (Fsp3) is 0.765. The molecule has 1 amide bonds. The van der Waals surface area contributed by atoms with Crippen molar-refractivity contribution in [3.05, 3.63) is 17.5 Å². The molecule has 2 fully saturated rings. The van der Waals surface area contributed by atoms with Gasteiger partial charge in [-0.2, -0.15) is 0 Å². The lowest BCUT2D eigenvalue weighted by molar-refractivity contribution is -0.144. The maximum absolute atomic E-state index is 12.5. The van der Waals surface area contributed by atoms with Crippen molar-refractivity contribution in [1.29, 1.82) is 0 Å². The summed E-state index contributed by atoms with van der Waals surface area (Å²) < 4.78 is 11.0. The van der Waals surface area contributed by atoms with Crippen LogP contribution in [0.3, 0.4) is 0 Å². The van der Waals surface area contributed by atoms with E-state index in [0.717, 1.165) is 44.2 Å². The summed E-state index contributed by atoms with van der Waals surface area (Å²) in [5.41, 5.74) is 0.920. The maximum Gasteiger partial charge on any atom is 0.236 e. The van der Waals surface area contributed by atoms with Gasteiger partial charge >= 0.3 is 0 Å². The fourth-order valence-corrected chi connectivity index (χ4v) is 3.49. The zero-order valence-electron chi connectivity index (χ0n) is 14.9. The van der Waals surface area contributed by atoms with Crippen molar-refractivity contribution in [3.63, 3.8) is 0 Å². The first-order valence-corrected chi connectivity index (χ1v) is 8.79. The summed E-state index contributed by atoms with van der Waals surface area (Å²) in [6.45, 7) is 12.4. The molecule has 2 saturated heterocycles. The van der Waals surface area contributed by atoms with Crippen LogP contribution in [0.15, 0.2) is 10.6 Å². The third-order valence-corrected chi connectivity index (χ3v) is 4.65. The van der Waals surface area contributed by atoms with Gasteiger partial charge in [0, 0.05) is 45.3 Å². The smallest absolute Gasteiger partial charge is 0.236 e. The highest BCUT2D eigenvalue weighted by molar-refractivity contribution is 5.78. The average molecular weight is 336 g/mol. The van der Waals surface area contributed by atoms with Crippen molar-refractivity contribution in [2.45, 2.75) is 39.5 Å². The first kappa shape index (κ1) is 17.4. The topological polar surface area (TPSA) is 62.0 Å². The number of morpholine rings is 1. The fourth-order valence-electron chi connectivity index (χ4n) is 3.49. The number of hydrogen-bond donors (Lipinski definition) is 0. The van der Waals surface area contributed by atoms with Crippen molar-refractivity contribution in [1.82, 2.24) is 19.9 Å². The molecule has 0 spiro atoms. The summed E-state index contributed by atoms with van der Waals surface area (Å²) in [4.78, 5) is 19.1. The van der Waals surface area contributed by atoms with Gasteiger partial charge in [-0.3, -0.25) is 14.6 Å². The first-order chi connectivity index (χ1) is 11.5. The van der Waals surface area contributed by atoms with Crippen molar-refractivity contribution in [2.24, 2.45) is 0 Å². The first-order valence-electron chi connectivity index (χ1n) is 8.79. The quantitative estimate of drug-likeness (QED) is 0.808. The highest BCUT2D eigenvalue weighted by Gasteiger charge is 2.28. The monoisotopic (exact) mass is 336 g/mol. The molecule has 3 rings (SSSR count). The van der Waals surface area contributed by atoms with Crippen LogP contribution in [-0.2, 0) is 16.1 Å². The predicted octanol–water partition coefficient (Wildman–Crippen LogP) is 0.736. The molecule has 2 aliphatic heterocycles. The number of carbonyl (C=O) groups is 1. The average Bonchev–Trinajstić information content (AvgIpc) is 2.93. The number of aryl methyl sites for hydroxylation is 1. The van der Waals surface area contributed by atoms with E-state index in [9.17, 15) is 4.79 Å². The van der Waals surface area contributed by atoms with E-state index in [1.807, 2.05) is 31.7 Å². The SMILES string of the molecule is Cc1cc(CN2CCN(CC(=O)N3CC(C)OC(C)C3)CC2)on1. The minimum atomic E-state index is 0.125. The molecular weight excluding hydrogens is 308 g/mol. The zero-order chi connectivity index (χ0) is 17.1. The number of ether oxygens (including phenoxy) is 1. The highest BCUT2D eigenvalue weighted by atomic mass is 16.5. The number of nitrogens with zero attached hydrogens (tertiary/aromatic N) is 4. The molecule has 2 aliphatic rings. The lowest BCUT2D eigenvalue weighted by Crippen LogP contribution is -2.53. The van der Waals surface area contributed by atoms with Gasteiger partial charge in [-0.15, -0.1) is 0 Å². The number of hydrogen-bond acceptors (Lipinski definition) is 6. The van der Waals surface area contributed by atoms with Gasteiger partial charge in [0.1, 0.15) is 0 Å². The third kappa shape index (κ3) is 4.55. The lowest BCUT2D eigenvalue weighted by Gasteiger charge is -2.38. The van der Waals surface area contributed by atoms with Gasteiger partial charge in [-0.1, -0.05) is 5.16 Å². The number of piperazine rings is 1. The summed E-state index contributed by atoms with van der Waals surface area (Å²) in [7, 11) is 0. The second kappa shape index (κ2) is 7.63. The Morgan fingerprint density at radius 1 is 1.17 bits per heavy atom. The Kier molecular flexibility index (Phi) is 5.53. The van der Waals surface area contributed by atoms with Crippen LogP contribution in [0.5, 0.6) is 0 Å². The Morgan fingerprint density at radius 2 is 1.79 bits per heavy atom.